The summed E-state index contributed by atoms with van der Waals surface area (Å²) >= 11 is 0. The molecule has 0 aliphatic rings. The van der Waals surface area contributed by atoms with Gasteiger partial charge in [-0.1, -0.05) is 24.3 Å². The van der Waals surface area contributed by atoms with Gasteiger partial charge in [-0.3, -0.25) is 9.78 Å². The lowest BCUT2D eigenvalue weighted by Gasteiger charge is -2.01. The number of carbonyl (C=O) groups excluding carboxylic acids is 1. The largest absolute Gasteiger partial charge is 0.348 e. The highest BCUT2D eigenvalue weighted by Gasteiger charge is 2.00. The molecular weight excluding hydrogens is 288 g/mol. The highest BCUT2D eigenvalue weighted by atomic mass is 16.1. The Morgan fingerprint density at radius 3 is 2.78 bits per heavy atom. The van der Waals surface area contributed by atoms with Gasteiger partial charge >= 0.3 is 0 Å². The molecule has 1 aromatic carbocycles. The van der Waals surface area contributed by atoms with Gasteiger partial charge in [-0.15, -0.1) is 0 Å². The summed E-state index contributed by atoms with van der Waals surface area (Å²) < 4.78 is 1.77. The Hall–Kier alpha value is -3.21. The van der Waals surface area contributed by atoms with Crippen molar-refractivity contribution in [3.05, 3.63) is 84.5 Å². The normalized spacial score (nSPS) is 10.8. The van der Waals surface area contributed by atoms with Crippen molar-refractivity contribution >= 4 is 12.0 Å². The Labute approximate surface area is 134 Å². The second kappa shape index (κ2) is 7.17. The number of nitrogens with one attached hydrogen (secondary N) is 1. The van der Waals surface area contributed by atoms with E-state index >= 15 is 0 Å². The minimum absolute atomic E-state index is 0.152. The van der Waals surface area contributed by atoms with Gasteiger partial charge in [0.05, 0.1) is 11.9 Å². The quantitative estimate of drug-likeness (QED) is 0.737. The lowest BCUT2D eigenvalue weighted by Crippen LogP contribution is -2.20. The number of amides is 1. The maximum Gasteiger partial charge on any atom is 0.244 e. The summed E-state index contributed by atoms with van der Waals surface area (Å²) in [5.74, 6) is -0.152. The molecule has 0 saturated carbocycles. The maximum absolute atomic E-state index is 11.8. The fraction of sp³-hybridized carbons (Fsp3) is 0.0556. The average Bonchev–Trinajstić information content (AvgIpc) is 3.09. The summed E-state index contributed by atoms with van der Waals surface area (Å²) in [5.41, 5.74) is 2.81. The monoisotopic (exact) mass is 304 g/mol. The molecule has 114 valence electrons. The zero-order valence-electron chi connectivity index (χ0n) is 12.5. The molecule has 0 saturated heterocycles. The highest BCUT2D eigenvalue weighted by molar-refractivity contribution is 5.91. The lowest BCUT2D eigenvalue weighted by molar-refractivity contribution is -0.116. The van der Waals surface area contributed by atoms with Crippen molar-refractivity contribution in [1.29, 1.82) is 0 Å². The van der Waals surface area contributed by atoms with Crippen LogP contribution in [-0.2, 0) is 11.3 Å². The van der Waals surface area contributed by atoms with Crippen molar-refractivity contribution in [2.45, 2.75) is 6.54 Å². The number of rotatable bonds is 5. The van der Waals surface area contributed by atoms with Crippen molar-refractivity contribution in [1.82, 2.24) is 20.1 Å². The van der Waals surface area contributed by atoms with E-state index in [9.17, 15) is 4.79 Å². The smallest absolute Gasteiger partial charge is 0.244 e. The first-order chi connectivity index (χ1) is 11.3. The summed E-state index contributed by atoms with van der Waals surface area (Å²) in [7, 11) is 0. The van der Waals surface area contributed by atoms with Crippen molar-refractivity contribution < 1.29 is 4.79 Å². The van der Waals surface area contributed by atoms with Crippen molar-refractivity contribution in [3.63, 3.8) is 0 Å². The number of aromatic nitrogens is 3. The van der Waals surface area contributed by atoms with Gasteiger partial charge in [0, 0.05) is 36.8 Å². The molecule has 0 radical (unpaired) electrons. The number of nitrogens with zero attached hydrogens (tertiary/aromatic N) is 3. The van der Waals surface area contributed by atoms with Crippen LogP contribution in [0.1, 0.15) is 11.1 Å². The predicted octanol–water partition coefficient (Wildman–Crippen LogP) is 2.60. The number of carbonyl (C=O) groups is 1. The lowest BCUT2D eigenvalue weighted by atomic mass is 10.3. The molecule has 0 fully saturated rings. The number of hydrogen-bond acceptors (Lipinski definition) is 3. The molecule has 2 aromatic heterocycles. The van der Waals surface area contributed by atoms with E-state index in [0.29, 0.717) is 6.54 Å². The van der Waals surface area contributed by atoms with Crippen LogP contribution in [0, 0.1) is 0 Å². The second-order valence-electron chi connectivity index (χ2n) is 4.97. The van der Waals surface area contributed by atoms with Crippen LogP contribution in [-0.4, -0.2) is 20.7 Å². The van der Waals surface area contributed by atoms with Crippen molar-refractivity contribution in [3.8, 4) is 5.69 Å². The van der Waals surface area contributed by atoms with E-state index in [-0.39, 0.29) is 5.91 Å². The van der Waals surface area contributed by atoms with Gasteiger partial charge < -0.3 is 5.32 Å². The molecule has 5 heteroatoms. The molecule has 1 N–H and O–H groups in total. The van der Waals surface area contributed by atoms with E-state index in [4.69, 9.17) is 0 Å². The first-order valence-corrected chi connectivity index (χ1v) is 7.26. The van der Waals surface area contributed by atoms with E-state index in [2.05, 4.69) is 15.4 Å². The van der Waals surface area contributed by atoms with Gasteiger partial charge in [-0.25, -0.2) is 4.68 Å². The van der Waals surface area contributed by atoms with Gasteiger partial charge in [-0.05, 0) is 29.8 Å². The summed E-state index contributed by atoms with van der Waals surface area (Å²) in [4.78, 5) is 15.8. The molecule has 3 rings (SSSR count). The fourth-order valence-corrected chi connectivity index (χ4v) is 2.07. The van der Waals surface area contributed by atoms with Gasteiger partial charge in [0.1, 0.15) is 0 Å². The van der Waals surface area contributed by atoms with Gasteiger partial charge in [0.25, 0.3) is 0 Å². The molecule has 0 aliphatic carbocycles. The Morgan fingerprint density at radius 2 is 2.00 bits per heavy atom. The zero-order valence-corrected chi connectivity index (χ0v) is 12.5. The first-order valence-electron chi connectivity index (χ1n) is 7.26. The summed E-state index contributed by atoms with van der Waals surface area (Å²) in [6.07, 6.45) is 10.3. The van der Waals surface area contributed by atoms with Crippen LogP contribution in [0.15, 0.2) is 73.3 Å². The van der Waals surface area contributed by atoms with Crippen LogP contribution >= 0.6 is 0 Å². The molecule has 3 aromatic rings. The standard InChI is InChI=1S/C18H16N4O/c23-18(20-12-15-5-4-10-19-11-15)9-8-16-13-21-22(14-16)17-6-2-1-3-7-17/h1-11,13-14H,12H2,(H,20,23)/b9-8+. The average molecular weight is 304 g/mol. The predicted molar refractivity (Wildman–Crippen MR) is 88.7 cm³/mol. The number of para-hydroxylation sites is 1. The molecule has 2 heterocycles. The van der Waals surface area contributed by atoms with E-state index in [1.54, 1.807) is 29.3 Å². The molecule has 0 aliphatic heterocycles. The first kappa shape index (κ1) is 14.7. The third-order valence-electron chi connectivity index (χ3n) is 3.24. The van der Waals surface area contributed by atoms with Gasteiger partial charge in [0.15, 0.2) is 0 Å². The van der Waals surface area contributed by atoms with E-state index in [1.165, 1.54) is 6.08 Å². The van der Waals surface area contributed by atoms with Crippen LogP contribution in [0.2, 0.25) is 0 Å². The van der Waals surface area contributed by atoms with E-state index in [1.807, 2.05) is 48.7 Å². The molecule has 23 heavy (non-hydrogen) atoms. The summed E-state index contributed by atoms with van der Waals surface area (Å²) in [5, 5.41) is 7.10. The SMILES string of the molecule is O=C(/C=C/c1cnn(-c2ccccc2)c1)NCc1cccnc1. The Balaban J connectivity index is 1.58. The molecule has 0 atom stereocenters. The Morgan fingerprint density at radius 1 is 1.13 bits per heavy atom. The summed E-state index contributed by atoms with van der Waals surface area (Å²) in [6.45, 7) is 0.459. The van der Waals surface area contributed by atoms with Crippen LogP contribution in [0.25, 0.3) is 11.8 Å². The molecule has 0 unspecified atom stereocenters. The Bertz CT molecular complexity index is 794. The van der Waals surface area contributed by atoms with Crippen molar-refractivity contribution in [2.75, 3.05) is 0 Å². The third-order valence-corrected chi connectivity index (χ3v) is 3.24. The van der Waals surface area contributed by atoms with Crippen LogP contribution in [0.3, 0.4) is 0 Å². The number of pyridine rings is 1. The van der Waals surface area contributed by atoms with Crippen LogP contribution in [0.5, 0.6) is 0 Å². The van der Waals surface area contributed by atoms with E-state index in [0.717, 1.165) is 16.8 Å². The highest BCUT2D eigenvalue weighted by Crippen LogP contribution is 2.08. The molecule has 1 amide bonds. The summed E-state index contributed by atoms with van der Waals surface area (Å²) in [6, 6.07) is 13.6. The van der Waals surface area contributed by atoms with Crippen LogP contribution in [0.4, 0.5) is 0 Å². The van der Waals surface area contributed by atoms with Gasteiger partial charge in [-0.2, -0.15) is 5.10 Å². The topological polar surface area (TPSA) is 59.8 Å². The fourth-order valence-electron chi connectivity index (χ4n) is 2.07. The second-order valence-corrected chi connectivity index (χ2v) is 4.97. The zero-order chi connectivity index (χ0) is 15.9. The molecule has 5 nitrogen and oxygen atoms in total. The minimum atomic E-state index is -0.152. The number of hydrogen-bond donors (Lipinski definition) is 1. The van der Waals surface area contributed by atoms with Gasteiger partial charge in [0.2, 0.25) is 5.91 Å². The molecule has 0 spiro atoms. The minimum Gasteiger partial charge on any atom is -0.348 e. The number of benzene rings is 1. The van der Waals surface area contributed by atoms with E-state index < -0.39 is 0 Å². The molecule has 0 bridgehead atoms. The molecular formula is C18H16N4O. The van der Waals surface area contributed by atoms with Crippen LogP contribution < -0.4 is 5.32 Å². The Kier molecular flexibility index (Phi) is 4.59. The third kappa shape index (κ3) is 4.14. The van der Waals surface area contributed by atoms with Crippen molar-refractivity contribution in [2.24, 2.45) is 0 Å². The maximum atomic E-state index is 11.8.